The van der Waals surface area contributed by atoms with Crippen LogP contribution in [0.5, 0.6) is 0 Å². The first-order valence-electron chi connectivity index (χ1n) is 4.84. The fraction of sp³-hybridized carbons (Fsp3) is 0.600. The van der Waals surface area contributed by atoms with E-state index in [0.717, 1.165) is 4.88 Å². The summed E-state index contributed by atoms with van der Waals surface area (Å²) in [6.45, 7) is 2.55. The summed E-state index contributed by atoms with van der Waals surface area (Å²) in [5.74, 6) is 0. The molecule has 0 unspecified atom stereocenters. The predicted molar refractivity (Wildman–Crippen MR) is 56.3 cm³/mol. The fourth-order valence-corrected chi connectivity index (χ4v) is 2.65. The van der Waals surface area contributed by atoms with E-state index >= 15 is 0 Å². The van der Waals surface area contributed by atoms with Gasteiger partial charge in [0, 0.05) is 18.0 Å². The van der Waals surface area contributed by atoms with Crippen LogP contribution >= 0.6 is 11.3 Å². The molecule has 0 aliphatic carbocycles. The maximum absolute atomic E-state index is 8.94. The molecule has 1 saturated heterocycles. The number of anilines is 1. The SMILES string of the molecule is OCc1ccc(N2CCCCC2)s1. The van der Waals surface area contributed by atoms with Crippen LogP contribution in [0.15, 0.2) is 12.1 Å². The highest BCUT2D eigenvalue weighted by Crippen LogP contribution is 2.28. The molecule has 1 aromatic heterocycles. The normalized spacial score (nSPS) is 17.8. The molecule has 0 saturated carbocycles. The second-order valence-electron chi connectivity index (χ2n) is 3.45. The molecule has 72 valence electrons. The van der Waals surface area contributed by atoms with E-state index in [0.29, 0.717) is 0 Å². The first-order valence-corrected chi connectivity index (χ1v) is 5.66. The summed E-state index contributed by atoms with van der Waals surface area (Å²) in [6.07, 6.45) is 3.99. The van der Waals surface area contributed by atoms with Gasteiger partial charge < -0.3 is 10.0 Å². The van der Waals surface area contributed by atoms with Gasteiger partial charge in [0.15, 0.2) is 0 Å². The van der Waals surface area contributed by atoms with Gasteiger partial charge in [-0.15, -0.1) is 11.3 Å². The molecule has 0 aromatic carbocycles. The monoisotopic (exact) mass is 197 g/mol. The highest BCUT2D eigenvalue weighted by atomic mass is 32.1. The molecule has 2 heterocycles. The van der Waals surface area contributed by atoms with Crippen molar-refractivity contribution in [1.29, 1.82) is 0 Å². The van der Waals surface area contributed by atoms with E-state index in [2.05, 4.69) is 11.0 Å². The lowest BCUT2D eigenvalue weighted by Crippen LogP contribution is -2.28. The van der Waals surface area contributed by atoms with Crippen LogP contribution in [0.1, 0.15) is 24.1 Å². The number of thiophene rings is 1. The van der Waals surface area contributed by atoms with Crippen molar-refractivity contribution in [3.05, 3.63) is 17.0 Å². The number of piperidine rings is 1. The zero-order valence-electron chi connectivity index (χ0n) is 7.70. The molecule has 1 aliphatic rings. The lowest BCUT2D eigenvalue weighted by Gasteiger charge is -2.27. The van der Waals surface area contributed by atoms with Gasteiger partial charge in [0.1, 0.15) is 0 Å². The Morgan fingerprint density at radius 3 is 2.62 bits per heavy atom. The molecule has 3 heteroatoms. The van der Waals surface area contributed by atoms with E-state index in [1.54, 1.807) is 11.3 Å². The van der Waals surface area contributed by atoms with Crippen LogP contribution in [-0.2, 0) is 6.61 Å². The molecule has 0 amide bonds. The second kappa shape index (κ2) is 4.11. The Morgan fingerprint density at radius 1 is 1.23 bits per heavy atom. The van der Waals surface area contributed by atoms with Gasteiger partial charge in [-0.2, -0.15) is 0 Å². The van der Waals surface area contributed by atoms with Crippen molar-refractivity contribution in [2.24, 2.45) is 0 Å². The summed E-state index contributed by atoms with van der Waals surface area (Å²) in [5.41, 5.74) is 0. The number of hydrogen-bond acceptors (Lipinski definition) is 3. The van der Waals surface area contributed by atoms with Crippen LogP contribution in [0.2, 0.25) is 0 Å². The first kappa shape index (κ1) is 9.03. The van der Waals surface area contributed by atoms with Crippen molar-refractivity contribution in [3.63, 3.8) is 0 Å². The molecule has 1 fully saturated rings. The quantitative estimate of drug-likeness (QED) is 0.786. The zero-order chi connectivity index (χ0) is 9.10. The molecule has 1 N–H and O–H groups in total. The van der Waals surface area contributed by atoms with Crippen molar-refractivity contribution in [2.45, 2.75) is 25.9 Å². The Kier molecular flexibility index (Phi) is 2.86. The van der Waals surface area contributed by atoms with E-state index in [4.69, 9.17) is 5.11 Å². The standard InChI is InChI=1S/C10H15NOS/c12-8-9-4-5-10(13-9)11-6-2-1-3-7-11/h4-5,12H,1-3,6-8H2. The maximum atomic E-state index is 8.94. The third kappa shape index (κ3) is 2.03. The Bertz CT molecular complexity index is 266. The van der Waals surface area contributed by atoms with Crippen molar-refractivity contribution < 1.29 is 5.11 Å². The molecule has 1 aliphatic heterocycles. The highest BCUT2D eigenvalue weighted by molar-refractivity contribution is 7.16. The van der Waals surface area contributed by atoms with E-state index < -0.39 is 0 Å². The van der Waals surface area contributed by atoms with Gasteiger partial charge in [0.25, 0.3) is 0 Å². The molecule has 13 heavy (non-hydrogen) atoms. The number of aliphatic hydroxyl groups is 1. The van der Waals surface area contributed by atoms with Crippen LogP contribution in [0, 0.1) is 0 Å². The third-order valence-corrected chi connectivity index (χ3v) is 3.60. The number of hydrogen-bond donors (Lipinski definition) is 1. The molecular formula is C10H15NOS. The lowest BCUT2D eigenvalue weighted by atomic mass is 10.1. The molecule has 0 radical (unpaired) electrons. The highest BCUT2D eigenvalue weighted by Gasteiger charge is 2.12. The topological polar surface area (TPSA) is 23.5 Å². The van der Waals surface area contributed by atoms with E-state index in [1.165, 1.54) is 37.4 Å². The summed E-state index contributed by atoms with van der Waals surface area (Å²) in [6, 6.07) is 4.15. The van der Waals surface area contributed by atoms with Gasteiger partial charge in [0.2, 0.25) is 0 Å². The van der Waals surface area contributed by atoms with Crippen LogP contribution in [0.4, 0.5) is 5.00 Å². The zero-order valence-corrected chi connectivity index (χ0v) is 8.52. The number of nitrogens with zero attached hydrogens (tertiary/aromatic N) is 1. The smallest absolute Gasteiger partial charge is 0.0912 e. The third-order valence-electron chi connectivity index (χ3n) is 2.47. The van der Waals surface area contributed by atoms with Gasteiger partial charge >= 0.3 is 0 Å². The molecular weight excluding hydrogens is 182 g/mol. The molecule has 2 nitrogen and oxygen atoms in total. The fourth-order valence-electron chi connectivity index (χ4n) is 1.74. The molecule has 1 aromatic rings. The molecule has 0 spiro atoms. The summed E-state index contributed by atoms with van der Waals surface area (Å²) >= 11 is 1.72. The summed E-state index contributed by atoms with van der Waals surface area (Å²) in [4.78, 5) is 3.49. The predicted octanol–water partition coefficient (Wildman–Crippen LogP) is 2.23. The van der Waals surface area contributed by atoms with Crippen LogP contribution in [0.25, 0.3) is 0 Å². The minimum Gasteiger partial charge on any atom is -0.391 e. The first-order chi connectivity index (χ1) is 6.40. The average Bonchev–Trinajstić information content (AvgIpc) is 2.67. The Labute approximate surface area is 82.8 Å². The number of rotatable bonds is 2. The van der Waals surface area contributed by atoms with Gasteiger partial charge in [0.05, 0.1) is 11.6 Å². The minimum atomic E-state index is 0.179. The molecule has 0 atom stereocenters. The summed E-state index contributed by atoms with van der Waals surface area (Å²) in [5, 5.41) is 10.3. The summed E-state index contributed by atoms with van der Waals surface area (Å²) < 4.78 is 0. The van der Waals surface area contributed by atoms with Crippen LogP contribution in [-0.4, -0.2) is 18.2 Å². The Hall–Kier alpha value is -0.540. The summed E-state index contributed by atoms with van der Waals surface area (Å²) in [7, 11) is 0. The van der Waals surface area contributed by atoms with E-state index in [9.17, 15) is 0 Å². The molecule has 2 rings (SSSR count). The lowest BCUT2D eigenvalue weighted by molar-refractivity contribution is 0.285. The Morgan fingerprint density at radius 2 is 2.00 bits per heavy atom. The van der Waals surface area contributed by atoms with Gasteiger partial charge in [-0.3, -0.25) is 0 Å². The van der Waals surface area contributed by atoms with Crippen molar-refractivity contribution in [2.75, 3.05) is 18.0 Å². The van der Waals surface area contributed by atoms with E-state index in [-0.39, 0.29) is 6.61 Å². The van der Waals surface area contributed by atoms with Gasteiger partial charge in [-0.1, -0.05) is 0 Å². The van der Waals surface area contributed by atoms with Crippen molar-refractivity contribution >= 4 is 16.3 Å². The second-order valence-corrected chi connectivity index (χ2v) is 4.59. The van der Waals surface area contributed by atoms with Gasteiger partial charge in [-0.25, -0.2) is 0 Å². The average molecular weight is 197 g/mol. The minimum absolute atomic E-state index is 0.179. The van der Waals surface area contributed by atoms with E-state index in [1.807, 2.05) is 6.07 Å². The maximum Gasteiger partial charge on any atom is 0.0912 e. The van der Waals surface area contributed by atoms with Gasteiger partial charge in [-0.05, 0) is 31.4 Å². The van der Waals surface area contributed by atoms with Crippen LogP contribution in [0.3, 0.4) is 0 Å². The number of aliphatic hydroxyl groups excluding tert-OH is 1. The van der Waals surface area contributed by atoms with Crippen molar-refractivity contribution in [3.8, 4) is 0 Å². The molecule has 0 bridgehead atoms. The van der Waals surface area contributed by atoms with Crippen LogP contribution < -0.4 is 4.90 Å². The Balaban J connectivity index is 2.05. The van der Waals surface area contributed by atoms with Crippen molar-refractivity contribution in [1.82, 2.24) is 0 Å². The largest absolute Gasteiger partial charge is 0.391 e.